The van der Waals surface area contributed by atoms with E-state index in [1.165, 1.54) is 28.6 Å². The number of hydrogen-bond donors (Lipinski definition) is 0. The number of fused-ring (bicyclic) bond motifs is 3. The Hall–Kier alpha value is -5.42. The minimum atomic E-state index is 0.395. The minimum absolute atomic E-state index is 0.395. The van der Waals surface area contributed by atoms with E-state index in [9.17, 15) is 0 Å². The van der Waals surface area contributed by atoms with Gasteiger partial charge in [0.15, 0.2) is 0 Å². The summed E-state index contributed by atoms with van der Waals surface area (Å²) < 4.78 is 11.0. The lowest BCUT2D eigenvalue weighted by Gasteiger charge is -2.32. The fourth-order valence-electron chi connectivity index (χ4n) is 8.32. The molecule has 7 aromatic rings. The number of ether oxygens (including phenoxy) is 1. The lowest BCUT2D eigenvalue weighted by molar-refractivity contribution is 0.390. The summed E-state index contributed by atoms with van der Waals surface area (Å²) in [5.41, 5.74) is 11.7. The third-order valence-corrected chi connectivity index (χ3v) is 10.3. The average Bonchev–Trinajstić information content (AvgIpc) is 3.57. The molecule has 8 rings (SSSR count). The Kier molecular flexibility index (Phi) is 7.71. The summed E-state index contributed by atoms with van der Waals surface area (Å²) in [6.07, 6.45) is 5.54. The summed E-state index contributed by atoms with van der Waals surface area (Å²) in [5, 5.41) is 7.44. The molecule has 0 bridgehead atoms. The summed E-state index contributed by atoms with van der Waals surface area (Å²) in [5.74, 6) is 4.02. The molecule has 49 heavy (non-hydrogen) atoms. The van der Waals surface area contributed by atoms with Crippen LogP contribution in [0.4, 0.5) is 0 Å². The molecule has 0 saturated carbocycles. The molecule has 5 heteroatoms. The van der Waals surface area contributed by atoms with Gasteiger partial charge in [0.25, 0.3) is 0 Å². The van der Waals surface area contributed by atoms with E-state index in [4.69, 9.17) is 14.8 Å². The second kappa shape index (κ2) is 12.2. The van der Waals surface area contributed by atoms with Crippen LogP contribution in [0.15, 0.2) is 121 Å². The smallest absolute Gasteiger partial charge is 0.138 e. The first kappa shape index (κ1) is 30.9. The first-order valence-electron chi connectivity index (χ1n) is 17.3. The molecule has 3 heterocycles. The SMILES string of the molecule is CC1=C[C@H](C)C[C@H](C)C1c1c(C)nn(-c2cc(C)cc(Oc3ccc4c5ccccc5n(-c5cc(-c6ccccc6)ccn5)c4c3)c2)c1C. The highest BCUT2D eigenvalue weighted by Gasteiger charge is 2.31. The molecule has 0 aliphatic heterocycles. The number of pyridine rings is 1. The highest BCUT2D eigenvalue weighted by Crippen LogP contribution is 2.43. The molecular weight excluding hydrogens is 601 g/mol. The van der Waals surface area contributed by atoms with E-state index in [-0.39, 0.29) is 0 Å². The molecule has 0 radical (unpaired) electrons. The van der Waals surface area contributed by atoms with E-state index in [1.807, 2.05) is 12.3 Å². The van der Waals surface area contributed by atoms with Crippen LogP contribution < -0.4 is 4.74 Å². The topological polar surface area (TPSA) is 44.9 Å². The van der Waals surface area contributed by atoms with E-state index < -0.39 is 0 Å². The van der Waals surface area contributed by atoms with Crippen LogP contribution in [0, 0.1) is 32.6 Å². The fourth-order valence-corrected chi connectivity index (χ4v) is 8.32. The van der Waals surface area contributed by atoms with E-state index in [1.54, 1.807) is 0 Å². The first-order chi connectivity index (χ1) is 23.7. The fraction of sp³-hybridized carbons (Fsp3) is 0.227. The van der Waals surface area contributed by atoms with Crippen LogP contribution in [0.25, 0.3) is 44.4 Å². The van der Waals surface area contributed by atoms with Crippen molar-refractivity contribution in [2.45, 2.75) is 53.9 Å². The molecule has 1 aliphatic rings. The van der Waals surface area contributed by atoms with E-state index in [0.717, 1.165) is 61.8 Å². The maximum atomic E-state index is 6.66. The summed E-state index contributed by atoms with van der Waals surface area (Å²) in [6, 6.07) is 36.0. The van der Waals surface area contributed by atoms with Crippen molar-refractivity contribution >= 4 is 21.8 Å². The van der Waals surface area contributed by atoms with Crippen molar-refractivity contribution in [3.63, 3.8) is 0 Å². The standard InChI is InChI=1S/C44H42N4O/c1-27-20-29(3)43(30(4)21-27)44-31(5)46-48(32(44)6)35-22-28(2)23-37(25-35)49-36-16-17-39-38-14-10-11-15-40(38)47(41(39)26-36)42-24-34(18-19-45-42)33-12-8-7-9-13-33/h7-20,22-27,30,43H,21H2,1-6H3/t27-,30-,43?/m0/s1. The van der Waals surface area contributed by atoms with E-state index >= 15 is 0 Å². The van der Waals surface area contributed by atoms with Crippen LogP contribution in [-0.2, 0) is 0 Å². The second-order valence-corrected chi connectivity index (χ2v) is 14.0. The number of rotatable bonds is 6. The molecule has 0 saturated heterocycles. The minimum Gasteiger partial charge on any atom is -0.457 e. The Morgan fingerprint density at radius 3 is 2.31 bits per heavy atom. The molecule has 4 aromatic carbocycles. The maximum Gasteiger partial charge on any atom is 0.138 e. The van der Waals surface area contributed by atoms with Gasteiger partial charge in [0.1, 0.15) is 17.3 Å². The van der Waals surface area contributed by atoms with Crippen molar-refractivity contribution in [2.75, 3.05) is 0 Å². The van der Waals surface area contributed by atoms with Gasteiger partial charge in [-0.05, 0) is 105 Å². The van der Waals surface area contributed by atoms with Crippen LogP contribution in [0.5, 0.6) is 11.5 Å². The van der Waals surface area contributed by atoms with Gasteiger partial charge in [-0.3, -0.25) is 4.57 Å². The monoisotopic (exact) mass is 642 g/mol. The van der Waals surface area contributed by atoms with Gasteiger partial charge in [0.2, 0.25) is 0 Å². The van der Waals surface area contributed by atoms with Crippen LogP contribution in [-0.4, -0.2) is 19.3 Å². The van der Waals surface area contributed by atoms with Gasteiger partial charge >= 0.3 is 0 Å². The molecule has 3 aromatic heterocycles. The number of hydrogen-bond acceptors (Lipinski definition) is 3. The van der Waals surface area contributed by atoms with Crippen LogP contribution in [0.1, 0.15) is 55.6 Å². The van der Waals surface area contributed by atoms with Gasteiger partial charge in [-0.2, -0.15) is 5.10 Å². The Labute approximate surface area is 288 Å². The number of aryl methyl sites for hydroxylation is 2. The third kappa shape index (κ3) is 5.53. The highest BCUT2D eigenvalue weighted by atomic mass is 16.5. The van der Waals surface area contributed by atoms with Gasteiger partial charge in [-0.25, -0.2) is 9.67 Å². The number of aromatic nitrogens is 4. The molecular formula is C44H42N4O. The van der Waals surface area contributed by atoms with Crippen molar-refractivity contribution in [1.29, 1.82) is 0 Å². The van der Waals surface area contributed by atoms with Gasteiger partial charge in [0.05, 0.1) is 22.4 Å². The lowest BCUT2D eigenvalue weighted by Crippen LogP contribution is -2.20. The predicted molar refractivity (Wildman–Crippen MR) is 201 cm³/mol. The average molecular weight is 643 g/mol. The number of nitrogens with zero attached hydrogens (tertiary/aromatic N) is 4. The Morgan fingerprint density at radius 2 is 1.49 bits per heavy atom. The Morgan fingerprint density at radius 1 is 0.714 bits per heavy atom. The molecule has 3 atom stereocenters. The number of allylic oxidation sites excluding steroid dienone is 2. The largest absolute Gasteiger partial charge is 0.457 e. The van der Waals surface area contributed by atoms with Crippen LogP contribution in [0.3, 0.4) is 0 Å². The van der Waals surface area contributed by atoms with Crippen molar-refractivity contribution in [2.24, 2.45) is 11.8 Å². The number of para-hydroxylation sites is 1. The summed E-state index contributed by atoms with van der Waals surface area (Å²) in [4.78, 5) is 4.85. The van der Waals surface area contributed by atoms with Crippen molar-refractivity contribution < 1.29 is 4.74 Å². The lowest BCUT2D eigenvalue weighted by atomic mass is 9.72. The second-order valence-electron chi connectivity index (χ2n) is 14.0. The molecule has 0 N–H and O–H groups in total. The maximum absolute atomic E-state index is 6.66. The molecule has 0 amide bonds. The zero-order valence-corrected chi connectivity index (χ0v) is 29.1. The quantitative estimate of drug-likeness (QED) is 0.170. The van der Waals surface area contributed by atoms with Gasteiger partial charge in [-0.1, -0.05) is 74.0 Å². The molecule has 244 valence electrons. The van der Waals surface area contributed by atoms with Gasteiger partial charge in [-0.15, -0.1) is 0 Å². The van der Waals surface area contributed by atoms with Crippen molar-refractivity contribution in [3.05, 3.63) is 143 Å². The third-order valence-electron chi connectivity index (χ3n) is 10.3. The molecule has 5 nitrogen and oxygen atoms in total. The summed E-state index contributed by atoms with van der Waals surface area (Å²) in [7, 11) is 0. The van der Waals surface area contributed by atoms with Gasteiger partial charge < -0.3 is 4.74 Å². The van der Waals surface area contributed by atoms with Crippen molar-refractivity contribution in [3.8, 4) is 34.1 Å². The molecule has 0 spiro atoms. The first-order valence-corrected chi connectivity index (χ1v) is 17.3. The number of benzene rings is 4. The zero-order valence-electron chi connectivity index (χ0n) is 29.1. The zero-order chi connectivity index (χ0) is 33.8. The molecule has 1 aliphatic carbocycles. The Bertz CT molecular complexity index is 2380. The van der Waals surface area contributed by atoms with Crippen molar-refractivity contribution in [1.82, 2.24) is 19.3 Å². The predicted octanol–water partition coefficient (Wildman–Crippen LogP) is 11.5. The summed E-state index contributed by atoms with van der Waals surface area (Å²) in [6.45, 7) is 13.5. The van der Waals surface area contributed by atoms with Crippen LogP contribution >= 0.6 is 0 Å². The highest BCUT2D eigenvalue weighted by molar-refractivity contribution is 6.09. The van der Waals surface area contributed by atoms with E-state index in [0.29, 0.717) is 17.8 Å². The normalized spacial score (nSPS) is 17.8. The Balaban J connectivity index is 1.18. The summed E-state index contributed by atoms with van der Waals surface area (Å²) >= 11 is 0. The molecule has 1 unspecified atom stereocenters. The van der Waals surface area contributed by atoms with E-state index in [2.05, 4.69) is 154 Å². The van der Waals surface area contributed by atoms with Gasteiger partial charge in [0, 0.05) is 46.3 Å². The van der Waals surface area contributed by atoms with Crippen LogP contribution in [0.2, 0.25) is 0 Å². The molecule has 0 fully saturated rings.